The molecular formula is C37H48N6O5Si. The molecule has 1 N–H and O–H groups in total. The van der Waals surface area contributed by atoms with E-state index in [4.69, 9.17) is 18.9 Å². The molecule has 0 bridgehead atoms. The lowest BCUT2D eigenvalue weighted by Gasteiger charge is -2.39. The van der Waals surface area contributed by atoms with Crippen LogP contribution in [0.3, 0.4) is 0 Å². The first-order valence-electron chi connectivity index (χ1n) is 16.6. The van der Waals surface area contributed by atoms with Gasteiger partial charge in [0.15, 0.2) is 8.32 Å². The third-order valence-electron chi connectivity index (χ3n) is 9.70. The first-order chi connectivity index (χ1) is 22.8. The summed E-state index contributed by atoms with van der Waals surface area (Å²) in [7, 11) is -0.573. The van der Waals surface area contributed by atoms with Crippen LogP contribution in [-0.2, 0) is 25.8 Å². The molecule has 260 valence electrons. The van der Waals surface area contributed by atoms with Gasteiger partial charge in [0.2, 0.25) is 11.9 Å². The molecule has 3 heterocycles. The van der Waals surface area contributed by atoms with Gasteiger partial charge in [-0.1, -0.05) is 27.7 Å². The fourth-order valence-electron chi connectivity index (χ4n) is 6.00. The highest BCUT2D eigenvalue weighted by molar-refractivity contribution is 6.74. The Hall–Kier alpha value is -4.47. The molecule has 2 aromatic carbocycles. The molecular weight excluding hydrogens is 637 g/mol. The van der Waals surface area contributed by atoms with Gasteiger partial charge in [0, 0.05) is 49.9 Å². The van der Waals surface area contributed by atoms with Crippen molar-refractivity contribution < 1.29 is 23.5 Å². The molecule has 0 fully saturated rings. The average Bonchev–Trinajstić information content (AvgIpc) is 3.57. The van der Waals surface area contributed by atoms with Gasteiger partial charge >= 0.3 is 6.09 Å². The Morgan fingerprint density at radius 3 is 2.43 bits per heavy atom. The molecule has 0 saturated carbocycles. The van der Waals surface area contributed by atoms with E-state index in [-0.39, 0.29) is 10.9 Å². The van der Waals surface area contributed by atoms with Crippen LogP contribution in [0, 0.1) is 11.3 Å². The summed E-state index contributed by atoms with van der Waals surface area (Å²) in [5.74, 6) is 0.890. The highest BCUT2D eigenvalue weighted by Crippen LogP contribution is 2.47. The van der Waals surface area contributed by atoms with E-state index in [0.717, 1.165) is 23.2 Å². The number of anilines is 4. The fourth-order valence-corrected chi connectivity index (χ4v) is 7.11. The van der Waals surface area contributed by atoms with Crippen LogP contribution in [0.15, 0.2) is 36.5 Å². The predicted octanol–water partition coefficient (Wildman–Crippen LogP) is 7.71. The number of hydrogen-bond acceptors (Lipinski definition) is 9. The number of carbonyl (C=O) groups excluding carboxylic acids is 2. The molecule has 11 nitrogen and oxygen atoms in total. The Kier molecular flexibility index (Phi) is 9.33. The molecule has 1 unspecified atom stereocenters. The summed E-state index contributed by atoms with van der Waals surface area (Å²) in [4.78, 5) is 38.4. The summed E-state index contributed by atoms with van der Waals surface area (Å²) in [6.07, 6.45) is 1.89. The second-order valence-corrected chi connectivity index (χ2v) is 20.5. The number of benzene rings is 2. The highest BCUT2D eigenvalue weighted by Gasteiger charge is 2.47. The summed E-state index contributed by atoms with van der Waals surface area (Å²) < 4.78 is 18.2. The minimum atomic E-state index is -2.15. The van der Waals surface area contributed by atoms with E-state index >= 15 is 0 Å². The first kappa shape index (κ1) is 35.8. The molecule has 3 aromatic rings. The molecule has 0 radical (unpaired) electrons. The molecule has 5 rings (SSSR count). The van der Waals surface area contributed by atoms with Gasteiger partial charge in [-0.25, -0.2) is 14.8 Å². The summed E-state index contributed by atoms with van der Waals surface area (Å²) in [5, 5.41) is 13.7. The quantitative estimate of drug-likeness (QED) is 0.249. The molecule has 2 aliphatic rings. The molecule has 2 amide bonds. The molecule has 1 aromatic heterocycles. The van der Waals surface area contributed by atoms with Crippen LogP contribution in [-0.4, -0.2) is 62.7 Å². The van der Waals surface area contributed by atoms with Crippen molar-refractivity contribution in [1.29, 1.82) is 5.26 Å². The van der Waals surface area contributed by atoms with Crippen LogP contribution in [0.1, 0.15) is 72.1 Å². The second-order valence-electron chi connectivity index (χ2n) is 15.7. The van der Waals surface area contributed by atoms with Crippen molar-refractivity contribution in [1.82, 2.24) is 9.97 Å². The minimum Gasteiger partial charge on any atom is -0.494 e. The summed E-state index contributed by atoms with van der Waals surface area (Å²) in [5.41, 5.74) is 4.24. The number of nitriles is 1. The monoisotopic (exact) mass is 684 g/mol. The van der Waals surface area contributed by atoms with Gasteiger partial charge in [0.05, 0.1) is 35.4 Å². The van der Waals surface area contributed by atoms with E-state index in [1.807, 2.05) is 39.0 Å². The zero-order valence-electron chi connectivity index (χ0n) is 30.6. The van der Waals surface area contributed by atoms with Gasteiger partial charge in [-0.15, -0.1) is 0 Å². The van der Waals surface area contributed by atoms with Crippen LogP contribution in [0.2, 0.25) is 18.1 Å². The zero-order chi connectivity index (χ0) is 36.1. The van der Waals surface area contributed by atoms with Gasteiger partial charge in [-0.05, 0) is 80.7 Å². The predicted molar refractivity (Wildman–Crippen MR) is 194 cm³/mol. The number of rotatable bonds is 7. The highest BCUT2D eigenvalue weighted by atomic mass is 28.4. The topological polar surface area (TPSA) is 130 Å². The zero-order valence-corrected chi connectivity index (χ0v) is 31.6. The number of nitrogens with one attached hydrogen (secondary N) is 1. The van der Waals surface area contributed by atoms with Gasteiger partial charge in [0.25, 0.3) is 0 Å². The van der Waals surface area contributed by atoms with Crippen LogP contribution >= 0.6 is 0 Å². The number of methoxy groups -OCH3 is 1. The lowest BCUT2D eigenvalue weighted by Crippen LogP contribution is -2.46. The number of carbonyl (C=O) groups is 2. The Morgan fingerprint density at radius 1 is 1.10 bits per heavy atom. The Bertz CT molecular complexity index is 1840. The van der Waals surface area contributed by atoms with Crippen LogP contribution in [0.5, 0.6) is 5.75 Å². The lowest BCUT2D eigenvalue weighted by atomic mass is 9.83. The molecule has 12 heteroatoms. The molecule has 1 atom stereocenters. The summed E-state index contributed by atoms with van der Waals surface area (Å²) in [6, 6.07) is 11.7. The Balaban J connectivity index is 1.55. The molecule has 0 aliphatic carbocycles. The van der Waals surface area contributed by atoms with Crippen molar-refractivity contribution in [2.24, 2.45) is 0 Å². The Labute approximate surface area is 290 Å². The summed E-state index contributed by atoms with van der Waals surface area (Å²) in [6.45, 7) is 21.4. The number of fused-ring (bicyclic) bond motifs is 2. The average molecular weight is 685 g/mol. The number of aromatic nitrogens is 2. The van der Waals surface area contributed by atoms with E-state index < -0.39 is 25.4 Å². The van der Waals surface area contributed by atoms with Crippen molar-refractivity contribution in [2.45, 2.75) is 91.0 Å². The molecule has 2 aliphatic heterocycles. The van der Waals surface area contributed by atoms with Gasteiger partial charge in [-0.3, -0.25) is 9.69 Å². The van der Waals surface area contributed by atoms with Crippen LogP contribution in [0.4, 0.5) is 27.8 Å². The largest absolute Gasteiger partial charge is 0.494 e. The molecule has 0 saturated heterocycles. The smallest absolute Gasteiger partial charge is 0.414 e. The maximum absolute atomic E-state index is 13.6. The number of ether oxygens (including phenoxy) is 2. The van der Waals surface area contributed by atoms with E-state index in [1.165, 1.54) is 0 Å². The number of nitrogens with zero attached hydrogens (tertiary/aromatic N) is 5. The number of amides is 2. The van der Waals surface area contributed by atoms with E-state index in [9.17, 15) is 14.9 Å². The normalized spacial score (nSPS) is 17.3. The molecule has 0 spiro atoms. The fraction of sp³-hybridized carbons (Fsp3) is 0.486. The maximum Gasteiger partial charge on any atom is 0.414 e. The Morgan fingerprint density at radius 2 is 1.82 bits per heavy atom. The third kappa shape index (κ3) is 7.14. The standard InChI is InChI=1S/C37H48N6O5Si/c1-23(44)42-15-13-24-18-29(31(46-9)19-30(24)42)41-33-39-14-12-28(40-33)25-16-26(20-38)32-27(17-25)37(8,22-47-49(10,11)36(5,6)7)21-43(32)34(45)48-35(2,3)4/h12,14,16-19H,13,15,21-22H2,1-11H3,(H,39,40,41). The van der Waals surface area contributed by atoms with Gasteiger partial charge in [0.1, 0.15) is 17.4 Å². The van der Waals surface area contributed by atoms with Crippen molar-refractivity contribution >= 4 is 43.3 Å². The second kappa shape index (κ2) is 12.8. The lowest BCUT2D eigenvalue weighted by molar-refractivity contribution is -0.116. The minimum absolute atomic E-state index is 0.00596. The van der Waals surface area contributed by atoms with Crippen molar-refractivity contribution in [3.63, 3.8) is 0 Å². The van der Waals surface area contributed by atoms with E-state index in [0.29, 0.717) is 59.6 Å². The van der Waals surface area contributed by atoms with Gasteiger partial charge in [-0.2, -0.15) is 5.26 Å². The van der Waals surface area contributed by atoms with E-state index in [2.05, 4.69) is 57.2 Å². The van der Waals surface area contributed by atoms with E-state index in [1.54, 1.807) is 42.2 Å². The SMILES string of the molecule is COc1cc2c(cc1Nc1nccc(-c3cc(C#N)c4c(c3)C(C)(CO[Si](C)(C)C(C)(C)C)CN4C(=O)OC(C)(C)C)n1)CCN2C(C)=O. The maximum atomic E-state index is 13.6. The van der Waals surface area contributed by atoms with Crippen molar-refractivity contribution in [2.75, 3.05) is 41.9 Å². The first-order valence-corrected chi connectivity index (χ1v) is 19.5. The van der Waals surface area contributed by atoms with Gasteiger partial charge < -0.3 is 24.1 Å². The van der Waals surface area contributed by atoms with Crippen molar-refractivity contribution in [3.8, 4) is 23.1 Å². The molecule has 49 heavy (non-hydrogen) atoms. The van der Waals surface area contributed by atoms with Crippen molar-refractivity contribution in [3.05, 3.63) is 53.2 Å². The van der Waals surface area contributed by atoms with Crippen LogP contribution in [0.25, 0.3) is 11.3 Å². The third-order valence-corrected chi connectivity index (χ3v) is 14.2. The van der Waals surface area contributed by atoms with Crippen LogP contribution < -0.4 is 19.9 Å². The number of hydrogen-bond donors (Lipinski definition) is 1. The summed E-state index contributed by atoms with van der Waals surface area (Å²) >= 11 is 0.